The third-order valence-corrected chi connectivity index (χ3v) is 2.70. The molecule has 0 atom stereocenters. The number of hydrogen-bond acceptors (Lipinski definition) is 3. The van der Waals surface area contributed by atoms with Crippen molar-refractivity contribution in [2.75, 3.05) is 5.75 Å². The van der Waals surface area contributed by atoms with Crippen molar-refractivity contribution in [2.24, 2.45) is 0 Å². The second-order valence-corrected chi connectivity index (χ2v) is 4.61. The molecule has 0 fully saturated rings. The lowest BCUT2D eigenvalue weighted by Gasteiger charge is -2.07. The van der Waals surface area contributed by atoms with E-state index in [0.29, 0.717) is 9.88 Å². The molecule has 0 spiro atoms. The first-order chi connectivity index (χ1) is 7.24. The lowest BCUT2D eigenvalue weighted by molar-refractivity contribution is 0.0944. The molecule has 80 valence electrons. The maximum Gasteiger partial charge on any atom is 0.269 e. The Hall–Kier alpha value is -1.07. The van der Waals surface area contributed by atoms with Crippen molar-refractivity contribution in [1.29, 1.82) is 0 Å². The van der Waals surface area contributed by atoms with Crippen LogP contribution in [0.4, 0.5) is 0 Å². The highest BCUT2D eigenvalue weighted by molar-refractivity contribution is 8.22. The molecular weight excluding hydrogens is 228 g/mol. The smallest absolute Gasteiger partial charge is 0.269 e. The molecule has 5 heteroatoms. The second-order valence-electron chi connectivity index (χ2n) is 2.67. The summed E-state index contributed by atoms with van der Waals surface area (Å²) < 4.78 is 0.571. The number of amides is 1. The van der Waals surface area contributed by atoms with Crippen molar-refractivity contribution >= 4 is 34.2 Å². The van der Waals surface area contributed by atoms with E-state index in [1.165, 1.54) is 11.8 Å². The quantitative estimate of drug-likeness (QED) is 0.612. The van der Waals surface area contributed by atoms with Crippen LogP contribution < -0.4 is 10.9 Å². The molecule has 0 unspecified atom stereocenters. The molecule has 0 saturated heterocycles. The van der Waals surface area contributed by atoms with Crippen molar-refractivity contribution in [3.63, 3.8) is 0 Å². The van der Waals surface area contributed by atoms with Gasteiger partial charge in [-0.15, -0.1) is 0 Å². The predicted octanol–water partition coefficient (Wildman–Crippen LogP) is 1.96. The third-order valence-electron chi connectivity index (χ3n) is 1.59. The molecule has 2 N–H and O–H groups in total. The monoisotopic (exact) mass is 240 g/mol. The number of rotatable bonds is 2. The van der Waals surface area contributed by atoms with Crippen LogP contribution in [0.15, 0.2) is 30.3 Å². The Kier molecular flexibility index (Phi) is 5.14. The van der Waals surface area contributed by atoms with Gasteiger partial charge in [0.15, 0.2) is 4.32 Å². The first-order valence-corrected chi connectivity index (χ1v) is 5.91. The second kappa shape index (κ2) is 6.42. The van der Waals surface area contributed by atoms with E-state index in [4.69, 9.17) is 12.2 Å². The van der Waals surface area contributed by atoms with E-state index in [-0.39, 0.29) is 5.91 Å². The van der Waals surface area contributed by atoms with Crippen molar-refractivity contribution in [3.05, 3.63) is 35.9 Å². The topological polar surface area (TPSA) is 41.1 Å². The average molecular weight is 240 g/mol. The summed E-state index contributed by atoms with van der Waals surface area (Å²) in [6.45, 7) is 2.00. The molecule has 0 aliphatic rings. The van der Waals surface area contributed by atoms with Crippen LogP contribution in [0.5, 0.6) is 0 Å². The van der Waals surface area contributed by atoms with Crippen LogP contribution in [0, 0.1) is 0 Å². The van der Waals surface area contributed by atoms with E-state index >= 15 is 0 Å². The molecule has 0 saturated carbocycles. The normalized spacial score (nSPS) is 9.40. The summed E-state index contributed by atoms with van der Waals surface area (Å²) in [5.74, 6) is 0.696. The van der Waals surface area contributed by atoms with Crippen molar-refractivity contribution < 1.29 is 4.79 Å². The van der Waals surface area contributed by atoms with Crippen LogP contribution in [-0.4, -0.2) is 16.0 Å². The molecule has 1 aromatic rings. The van der Waals surface area contributed by atoms with Crippen molar-refractivity contribution in [2.45, 2.75) is 6.92 Å². The number of hydrogen-bond donors (Lipinski definition) is 2. The molecule has 1 rings (SSSR count). The summed E-state index contributed by atoms with van der Waals surface area (Å²) >= 11 is 6.43. The molecule has 0 bridgehead atoms. The lowest BCUT2D eigenvalue weighted by Crippen LogP contribution is -2.39. The zero-order valence-corrected chi connectivity index (χ0v) is 9.95. The minimum atomic E-state index is -0.186. The molecule has 0 radical (unpaired) electrons. The molecule has 15 heavy (non-hydrogen) atoms. The number of benzene rings is 1. The van der Waals surface area contributed by atoms with Crippen LogP contribution in [0.3, 0.4) is 0 Å². The first kappa shape index (κ1) is 12.0. The number of carbonyl (C=O) groups is 1. The Morgan fingerprint density at radius 1 is 1.33 bits per heavy atom. The van der Waals surface area contributed by atoms with Gasteiger partial charge in [-0.1, -0.05) is 49.1 Å². The number of carbonyl (C=O) groups excluding carboxylic acids is 1. The SMILES string of the molecule is CCSC(=S)NNC(=O)c1ccccc1. The average Bonchev–Trinajstić information content (AvgIpc) is 2.27. The molecule has 0 aliphatic carbocycles. The van der Waals surface area contributed by atoms with Gasteiger partial charge in [-0.3, -0.25) is 15.6 Å². The minimum absolute atomic E-state index is 0.186. The molecule has 0 heterocycles. The Morgan fingerprint density at radius 2 is 2.00 bits per heavy atom. The highest BCUT2D eigenvalue weighted by Gasteiger charge is 2.03. The third kappa shape index (κ3) is 4.31. The van der Waals surface area contributed by atoms with Crippen LogP contribution >= 0.6 is 24.0 Å². The van der Waals surface area contributed by atoms with Gasteiger partial charge < -0.3 is 0 Å². The van der Waals surface area contributed by atoms with Gasteiger partial charge in [-0.2, -0.15) is 0 Å². The Morgan fingerprint density at radius 3 is 2.60 bits per heavy atom. The van der Waals surface area contributed by atoms with Gasteiger partial charge in [0.05, 0.1) is 0 Å². The molecule has 0 aliphatic heterocycles. The predicted molar refractivity (Wildman–Crippen MR) is 67.8 cm³/mol. The Bertz CT molecular complexity index is 341. The van der Waals surface area contributed by atoms with Crippen molar-refractivity contribution in [1.82, 2.24) is 10.9 Å². The van der Waals surface area contributed by atoms with E-state index in [1.807, 2.05) is 25.1 Å². The van der Waals surface area contributed by atoms with Crippen LogP contribution in [0.1, 0.15) is 17.3 Å². The summed E-state index contributed by atoms with van der Waals surface area (Å²) in [5.41, 5.74) is 5.82. The maximum atomic E-state index is 11.5. The Labute approximate surface area is 98.6 Å². The highest BCUT2D eigenvalue weighted by atomic mass is 32.2. The van der Waals surface area contributed by atoms with Crippen LogP contribution in [0.25, 0.3) is 0 Å². The molecule has 1 aromatic carbocycles. The Balaban J connectivity index is 2.40. The van der Waals surface area contributed by atoms with E-state index in [9.17, 15) is 4.79 Å². The van der Waals surface area contributed by atoms with Crippen LogP contribution in [0.2, 0.25) is 0 Å². The number of nitrogens with one attached hydrogen (secondary N) is 2. The summed E-state index contributed by atoms with van der Waals surface area (Å²) in [5, 5.41) is 0. The summed E-state index contributed by atoms with van der Waals surface area (Å²) in [6.07, 6.45) is 0. The lowest BCUT2D eigenvalue weighted by atomic mass is 10.2. The van der Waals surface area contributed by atoms with E-state index in [0.717, 1.165) is 5.75 Å². The first-order valence-electron chi connectivity index (χ1n) is 4.52. The van der Waals surface area contributed by atoms with E-state index in [1.54, 1.807) is 12.1 Å². The minimum Gasteiger partial charge on any atom is -0.283 e. The summed E-state index contributed by atoms with van der Waals surface area (Å²) in [6, 6.07) is 8.98. The van der Waals surface area contributed by atoms with Gasteiger partial charge in [0, 0.05) is 5.56 Å². The van der Waals surface area contributed by atoms with Crippen LogP contribution in [-0.2, 0) is 0 Å². The van der Waals surface area contributed by atoms with Gasteiger partial charge in [-0.05, 0) is 17.9 Å². The fourth-order valence-corrected chi connectivity index (χ4v) is 1.73. The fourth-order valence-electron chi connectivity index (χ4n) is 0.937. The van der Waals surface area contributed by atoms with Crippen molar-refractivity contribution in [3.8, 4) is 0 Å². The van der Waals surface area contributed by atoms with E-state index in [2.05, 4.69) is 10.9 Å². The van der Waals surface area contributed by atoms with Gasteiger partial charge in [0.25, 0.3) is 5.91 Å². The zero-order chi connectivity index (χ0) is 11.1. The molecule has 1 amide bonds. The molecule has 0 aromatic heterocycles. The largest absolute Gasteiger partial charge is 0.283 e. The number of thiocarbonyl (C=S) groups is 1. The van der Waals surface area contributed by atoms with Gasteiger partial charge in [0.1, 0.15) is 0 Å². The van der Waals surface area contributed by atoms with Gasteiger partial charge in [-0.25, -0.2) is 0 Å². The zero-order valence-electron chi connectivity index (χ0n) is 8.32. The molecule has 3 nitrogen and oxygen atoms in total. The van der Waals surface area contributed by atoms with Gasteiger partial charge >= 0.3 is 0 Å². The number of hydrazine groups is 1. The summed E-state index contributed by atoms with van der Waals surface area (Å²) in [4.78, 5) is 11.5. The van der Waals surface area contributed by atoms with E-state index < -0.39 is 0 Å². The highest BCUT2D eigenvalue weighted by Crippen LogP contribution is 2.00. The number of thioether (sulfide) groups is 1. The van der Waals surface area contributed by atoms with Gasteiger partial charge in [0.2, 0.25) is 0 Å². The molecular formula is C10H12N2OS2. The maximum absolute atomic E-state index is 11.5. The summed E-state index contributed by atoms with van der Waals surface area (Å²) in [7, 11) is 0. The fraction of sp³-hybridized carbons (Fsp3) is 0.200. The standard InChI is InChI=1S/C10H12N2OS2/c1-2-15-10(14)12-11-9(13)8-6-4-3-5-7-8/h3-7H,2H2,1H3,(H,11,13)(H,12,14).